The van der Waals surface area contributed by atoms with Crippen LogP contribution in [0.25, 0.3) is 0 Å². The average molecular weight is 407 g/mol. The summed E-state index contributed by atoms with van der Waals surface area (Å²) in [5.41, 5.74) is 10.2. The summed E-state index contributed by atoms with van der Waals surface area (Å²) in [6.45, 7) is 7.67. The third kappa shape index (κ3) is 3.87. The van der Waals surface area contributed by atoms with Gasteiger partial charge in [-0.3, -0.25) is 9.69 Å². The number of fused-ring (bicyclic) bond motifs is 1. The number of carbonyl (C=O) groups excluding carboxylic acids is 1. The highest BCUT2D eigenvalue weighted by Gasteiger charge is 2.33. The van der Waals surface area contributed by atoms with Crippen LogP contribution in [0, 0.1) is 0 Å². The molecule has 5 rings (SSSR count). The molecule has 1 atom stereocenters. The van der Waals surface area contributed by atoms with Crippen LogP contribution in [-0.4, -0.2) is 66.0 Å². The number of pyridine rings is 1. The number of piperidine rings is 1. The first-order chi connectivity index (χ1) is 14.7. The minimum atomic E-state index is 0.205. The highest BCUT2D eigenvalue weighted by Crippen LogP contribution is 2.28. The van der Waals surface area contributed by atoms with Gasteiger partial charge >= 0.3 is 0 Å². The topological polar surface area (TPSA) is 77.7 Å². The Hall–Kier alpha value is -2.64. The van der Waals surface area contributed by atoms with Crippen molar-refractivity contribution in [3.05, 3.63) is 53.2 Å². The fraction of sp³-hybridized carbons (Fsp3) is 0.478. The standard InChI is InChI=1S/C23H30N6O/c24-22-6-4-19(14-26-22)28-10-8-27(9-11-28)15-17-3-5-21-18(12-17)16-29(23(21)30)20-2-1-7-25-13-20/h3-6,12,14,20,25H,1-2,7-11,13,15-16H2,(H2,24,26). The first-order valence-electron chi connectivity index (χ1n) is 11.0. The molecular weight excluding hydrogens is 376 g/mol. The van der Waals surface area contributed by atoms with E-state index < -0.39 is 0 Å². The van der Waals surface area contributed by atoms with Crippen LogP contribution in [-0.2, 0) is 13.1 Å². The molecule has 7 nitrogen and oxygen atoms in total. The molecule has 1 amide bonds. The molecule has 0 radical (unpaired) electrons. The lowest BCUT2D eigenvalue weighted by Gasteiger charge is -2.36. The maximum atomic E-state index is 12.9. The van der Waals surface area contributed by atoms with Crippen LogP contribution in [0.1, 0.15) is 34.3 Å². The first-order valence-corrected chi connectivity index (χ1v) is 11.0. The van der Waals surface area contributed by atoms with Crippen LogP contribution in [0.15, 0.2) is 36.5 Å². The number of hydrogen-bond acceptors (Lipinski definition) is 6. The second-order valence-electron chi connectivity index (χ2n) is 8.63. The molecule has 0 aliphatic carbocycles. The third-order valence-electron chi connectivity index (χ3n) is 6.63. The van der Waals surface area contributed by atoms with E-state index >= 15 is 0 Å². The van der Waals surface area contributed by atoms with Gasteiger partial charge in [-0.2, -0.15) is 0 Å². The fourth-order valence-electron chi connectivity index (χ4n) is 4.90. The molecule has 1 aromatic heterocycles. The summed E-state index contributed by atoms with van der Waals surface area (Å²) in [6.07, 6.45) is 4.11. The van der Waals surface area contributed by atoms with Crippen molar-refractivity contribution >= 4 is 17.4 Å². The number of nitrogens with one attached hydrogen (secondary N) is 1. The van der Waals surface area contributed by atoms with Gasteiger partial charge in [0.1, 0.15) is 5.82 Å². The number of rotatable bonds is 4. The van der Waals surface area contributed by atoms with Crippen molar-refractivity contribution in [2.45, 2.75) is 32.0 Å². The van der Waals surface area contributed by atoms with E-state index in [-0.39, 0.29) is 5.91 Å². The summed E-state index contributed by atoms with van der Waals surface area (Å²) >= 11 is 0. The van der Waals surface area contributed by atoms with E-state index in [9.17, 15) is 4.79 Å². The zero-order valence-corrected chi connectivity index (χ0v) is 17.4. The summed E-state index contributed by atoms with van der Waals surface area (Å²) in [4.78, 5) is 24.0. The van der Waals surface area contributed by atoms with Crippen molar-refractivity contribution in [3.8, 4) is 0 Å². The van der Waals surface area contributed by atoms with E-state index in [0.717, 1.165) is 76.5 Å². The summed E-state index contributed by atoms with van der Waals surface area (Å²) in [5, 5.41) is 3.43. The molecule has 3 aliphatic heterocycles. The van der Waals surface area contributed by atoms with Crippen molar-refractivity contribution in [3.63, 3.8) is 0 Å². The van der Waals surface area contributed by atoms with Gasteiger partial charge in [0.2, 0.25) is 0 Å². The number of amides is 1. The molecule has 0 bridgehead atoms. The molecule has 3 N–H and O–H groups in total. The van der Waals surface area contributed by atoms with E-state index in [1.54, 1.807) is 0 Å². The smallest absolute Gasteiger partial charge is 0.254 e. The van der Waals surface area contributed by atoms with Gasteiger partial charge in [-0.05, 0) is 48.7 Å². The van der Waals surface area contributed by atoms with E-state index in [1.807, 2.05) is 24.4 Å². The van der Waals surface area contributed by atoms with Crippen molar-refractivity contribution in [1.29, 1.82) is 0 Å². The molecule has 30 heavy (non-hydrogen) atoms. The van der Waals surface area contributed by atoms with E-state index in [2.05, 4.69) is 37.1 Å². The number of benzene rings is 1. The van der Waals surface area contributed by atoms with Gasteiger partial charge in [0, 0.05) is 57.4 Å². The maximum absolute atomic E-state index is 12.9. The predicted octanol–water partition coefficient (Wildman–Crippen LogP) is 1.69. The van der Waals surface area contributed by atoms with Gasteiger partial charge in [0.15, 0.2) is 0 Å². The number of nitrogen functional groups attached to an aromatic ring is 1. The Labute approximate surface area is 177 Å². The lowest BCUT2D eigenvalue weighted by molar-refractivity contribution is 0.0674. The Morgan fingerprint density at radius 2 is 2.00 bits per heavy atom. The first kappa shape index (κ1) is 19.3. The molecule has 3 aliphatic rings. The molecule has 1 unspecified atom stereocenters. The monoisotopic (exact) mass is 406 g/mol. The number of carbonyl (C=O) groups is 1. The van der Waals surface area contributed by atoms with Crippen LogP contribution in [0.5, 0.6) is 0 Å². The molecule has 1 aromatic carbocycles. The van der Waals surface area contributed by atoms with E-state index in [4.69, 9.17) is 5.73 Å². The Morgan fingerprint density at radius 1 is 1.13 bits per heavy atom. The molecule has 0 spiro atoms. The van der Waals surface area contributed by atoms with Gasteiger partial charge < -0.3 is 20.9 Å². The lowest BCUT2D eigenvalue weighted by atomic mass is 10.1. The normalized spacial score (nSPS) is 22.4. The number of piperazine rings is 1. The minimum absolute atomic E-state index is 0.205. The molecule has 4 heterocycles. The fourth-order valence-corrected chi connectivity index (χ4v) is 4.90. The van der Waals surface area contributed by atoms with Crippen LogP contribution in [0.2, 0.25) is 0 Å². The third-order valence-corrected chi connectivity index (χ3v) is 6.63. The number of aromatic nitrogens is 1. The minimum Gasteiger partial charge on any atom is -0.384 e. The van der Waals surface area contributed by atoms with Crippen LogP contribution < -0.4 is 16.0 Å². The van der Waals surface area contributed by atoms with Crippen molar-refractivity contribution in [1.82, 2.24) is 20.1 Å². The second-order valence-corrected chi connectivity index (χ2v) is 8.63. The summed E-state index contributed by atoms with van der Waals surface area (Å²) in [5.74, 6) is 0.766. The average Bonchev–Trinajstić information content (AvgIpc) is 3.11. The van der Waals surface area contributed by atoms with Crippen molar-refractivity contribution in [2.75, 3.05) is 49.9 Å². The number of nitrogens with two attached hydrogens (primary N) is 1. The van der Waals surface area contributed by atoms with Crippen molar-refractivity contribution in [2.24, 2.45) is 0 Å². The summed E-state index contributed by atoms with van der Waals surface area (Å²) in [7, 11) is 0. The molecule has 2 aromatic rings. The van der Waals surface area contributed by atoms with Gasteiger partial charge in [-0.15, -0.1) is 0 Å². The molecule has 2 fully saturated rings. The van der Waals surface area contributed by atoms with Gasteiger partial charge in [0.05, 0.1) is 11.9 Å². The van der Waals surface area contributed by atoms with Crippen LogP contribution >= 0.6 is 0 Å². The number of nitrogens with zero attached hydrogens (tertiary/aromatic N) is 4. The highest BCUT2D eigenvalue weighted by atomic mass is 16.2. The zero-order valence-electron chi connectivity index (χ0n) is 17.4. The number of hydrogen-bond donors (Lipinski definition) is 2. The number of anilines is 2. The lowest BCUT2D eigenvalue weighted by Crippen LogP contribution is -2.46. The summed E-state index contributed by atoms with van der Waals surface area (Å²) in [6, 6.07) is 10.7. The van der Waals surface area contributed by atoms with Gasteiger partial charge in [0.25, 0.3) is 5.91 Å². The Balaban J connectivity index is 1.19. The predicted molar refractivity (Wildman–Crippen MR) is 118 cm³/mol. The highest BCUT2D eigenvalue weighted by molar-refractivity contribution is 5.98. The summed E-state index contributed by atoms with van der Waals surface area (Å²) < 4.78 is 0. The Kier molecular flexibility index (Phi) is 5.31. The largest absolute Gasteiger partial charge is 0.384 e. The van der Waals surface area contributed by atoms with Crippen molar-refractivity contribution < 1.29 is 4.79 Å². The van der Waals surface area contributed by atoms with E-state index in [0.29, 0.717) is 11.9 Å². The molecule has 0 saturated carbocycles. The van der Waals surface area contributed by atoms with Crippen LogP contribution in [0.3, 0.4) is 0 Å². The quantitative estimate of drug-likeness (QED) is 0.805. The Morgan fingerprint density at radius 3 is 2.73 bits per heavy atom. The van der Waals surface area contributed by atoms with E-state index in [1.165, 1.54) is 11.1 Å². The van der Waals surface area contributed by atoms with Crippen LogP contribution in [0.4, 0.5) is 11.5 Å². The zero-order chi connectivity index (χ0) is 20.5. The van der Waals surface area contributed by atoms with Gasteiger partial charge in [-0.1, -0.05) is 12.1 Å². The molecule has 2 saturated heterocycles. The Bertz CT molecular complexity index is 900. The maximum Gasteiger partial charge on any atom is 0.254 e. The molecule has 7 heteroatoms. The van der Waals surface area contributed by atoms with Gasteiger partial charge in [-0.25, -0.2) is 4.98 Å². The molecular formula is C23H30N6O. The molecule has 158 valence electrons. The SMILES string of the molecule is Nc1ccc(N2CCN(Cc3ccc4c(c3)CN(C3CCCNC3)C4=O)CC2)cn1. The second kappa shape index (κ2) is 8.24.